The van der Waals surface area contributed by atoms with Gasteiger partial charge in [0.2, 0.25) is 0 Å². The zero-order valence-electron chi connectivity index (χ0n) is 27.0. The zero-order valence-corrected chi connectivity index (χ0v) is 27.8. The van der Waals surface area contributed by atoms with Gasteiger partial charge in [0, 0.05) is 18.5 Å². The molecule has 0 saturated heterocycles. The molecule has 0 spiro atoms. The van der Waals surface area contributed by atoms with Gasteiger partial charge in [-0.15, -0.1) is 4.41 Å². The maximum Gasteiger partial charge on any atom is 0.416 e. The molecule has 2 N–H and O–H groups in total. The van der Waals surface area contributed by atoms with E-state index >= 15 is 0 Å². The predicted molar refractivity (Wildman–Crippen MR) is 183 cm³/mol. The summed E-state index contributed by atoms with van der Waals surface area (Å²) in [6.45, 7) is 0.921. The van der Waals surface area contributed by atoms with Crippen LogP contribution in [0.4, 0.5) is 13.2 Å². The van der Waals surface area contributed by atoms with E-state index in [1.54, 1.807) is 24.3 Å². The number of rotatable bonds is 12. The molecule has 0 aliphatic rings. The van der Waals surface area contributed by atoms with Crippen molar-refractivity contribution in [3.05, 3.63) is 150 Å². The Labute approximate surface area is 291 Å². The van der Waals surface area contributed by atoms with Gasteiger partial charge in [0.05, 0.1) is 16.0 Å². The molecule has 0 radical (unpaired) electrons. The predicted octanol–water partition coefficient (Wildman–Crippen LogP) is 7.50. The second-order valence-corrected chi connectivity index (χ2v) is 13.2. The van der Waals surface area contributed by atoms with Crippen molar-refractivity contribution in [1.82, 2.24) is 9.42 Å². The summed E-state index contributed by atoms with van der Waals surface area (Å²) in [6.07, 6.45) is -4.86. The molecule has 5 aromatic carbocycles. The van der Waals surface area contributed by atoms with Gasteiger partial charge in [0.25, 0.3) is 15.9 Å². The Bertz CT molecular complexity index is 2140. The number of aliphatic carboxylic acids is 1. The molecule has 1 atom stereocenters. The summed E-state index contributed by atoms with van der Waals surface area (Å²) >= 11 is 0. The van der Waals surface area contributed by atoms with Crippen LogP contribution in [0.15, 0.2) is 132 Å². The number of amides is 1. The Hall–Kier alpha value is -5.79. The van der Waals surface area contributed by atoms with Crippen LogP contribution in [0.2, 0.25) is 0 Å². The third-order valence-electron chi connectivity index (χ3n) is 8.14. The fraction of sp³-hybridized carbons (Fsp3) is 0.132. The lowest BCUT2D eigenvalue weighted by Crippen LogP contribution is -2.57. The molecule has 0 aliphatic heterocycles. The molecule has 0 aromatic heterocycles. The molecule has 5 aromatic rings. The average molecular weight is 717 g/mol. The first-order valence-corrected chi connectivity index (χ1v) is 17.0. The van der Waals surface area contributed by atoms with Gasteiger partial charge in [0.15, 0.2) is 6.04 Å². The van der Waals surface area contributed by atoms with Gasteiger partial charge in [-0.25, -0.2) is 23.0 Å². The van der Waals surface area contributed by atoms with Crippen molar-refractivity contribution in [3.63, 3.8) is 0 Å². The number of carboxylic acids is 2. The van der Waals surface area contributed by atoms with Crippen LogP contribution in [0.5, 0.6) is 0 Å². The van der Waals surface area contributed by atoms with Crippen LogP contribution >= 0.6 is 0 Å². The van der Waals surface area contributed by atoms with Crippen LogP contribution in [-0.2, 0) is 27.4 Å². The number of alkyl halides is 3. The summed E-state index contributed by atoms with van der Waals surface area (Å²) in [4.78, 5) is 38.7. The number of aromatic carboxylic acids is 1. The van der Waals surface area contributed by atoms with Gasteiger partial charge in [-0.1, -0.05) is 91.0 Å². The second kappa shape index (κ2) is 15.0. The summed E-state index contributed by atoms with van der Waals surface area (Å²) in [6, 6.07) is 29.1. The van der Waals surface area contributed by atoms with E-state index in [4.69, 9.17) is 0 Å². The fourth-order valence-electron chi connectivity index (χ4n) is 5.57. The molecule has 9 nitrogen and oxygen atoms in total. The molecule has 0 saturated carbocycles. The molecule has 0 bridgehead atoms. The molecule has 1 amide bonds. The highest BCUT2D eigenvalue weighted by Gasteiger charge is 2.41. The van der Waals surface area contributed by atoms with Gasteiger partial charge < -0.3 is 10.2 Å². The van der Waals surface area contributed by atoms with Crippen molar-refractivity contribution < 1.29 is 46.2 Å². The molecule has 0 fully saturated rings. The highest BCUT2D eigenvalue weighted by Crippen LogP contribution is 2.32. The number of hydrogen-bond acceptors (Lipinski definition) is 5. The van der Waals surface area contributed by atoms with E-state index in [9.17, 15) is 46.2 Å². The Morgan fingerprint density at radius 1 is 0.686 bits per heavy atom. The summed E-state index contributed by atoms with van der Waals surface area (Å²) in [5.74, 6) is -4.10. The van der Waals surface area contributed by atoms with Gasteiger partial charge >= 0.3 is 18.1 Å². The molecular formula is C38H31F3N2O7S. The lowest BCUT2D eigenvalue weighted by Gasteiger charge is -2.37. The molecule has 51 heavy (non-hydrogen) atoms. The van der Waals surface area contributed by atoms with Crippen molar-refractivity contribution in [3.8, 4) is 22.3 Å². The van der Waals surface area contributed by atoms with E-state index < -0.39 is 62.7 Å². The van der Waals surface area contributed by atoms with E-state index in [1.165, 1.54) is 55.5 Å². The van der Waals surface area contributed by atoms with Crippen LogP contribution in [0.25, 0.3) is 22.3 Å². The number of hydrazine groups is 1. The lowest BCUT2D eigenvalue weighted by molar-refractivity contribution is -0.146. The first kappa shape index (κ1) is 36.5. The van der Waals surface area contributed by atoms with E-state index in [2.05, 4.69) is 0 Å². The number of nitrogens with zero attached hydrogens (tertiary/aromatic N) is 2. The third kappa shape index (κ3) is 8.00. The minimum atomic E-state index is -4.86. The highest BCUT2D eigenvalue weighted by atomic mass is 32.2. The normalized spacial score (nSPS) is 12.3. The summed E-state index contributed by atoms with van der Waals surface area (Å²) in [5.41, 5.74) is 1.53. The SMILES string of the molecule is CCN(N(C(=O)c1ccc(-c2ccc(C(F)(F)F)cc2)cc1)C(Cc1ccc(-c2ccccc2)cc1)C(=O)O)S(=O)(=O)c1ccccc1C(=O)O. The maximum absolute atomic E-state index is 14.3. The summed E-state index contributed by atoms with van der Waals surface area (Å²) in [5, 5.41) is 20.9. The van der Waals surface area contributed by atoms with Crippen LogP contribution in [0, 0.1) is 0 Å². The number of carbonyl (C=O) groups excluding carboxylic acids is 1. The van der Waals surface area contributed by atoms with Crippen molar-refractivity contribution in [2.75, 3.05) is 6.54 Å². The molecular weight excluding hydrogens is 685 g/mol. The molecule has 13 heteroatoms. The van der Waals surface area contributed by atoms with Crippen molar-refractivity contribution in [1.29, 1.82) is 0 Å². The third-order valence-corrected chi connectivity index (χ3v) is 10.0. The Morgan fingerprint density at radius 2 is 1.18 bits per heavy atom. The van der Waals surface area contributed by atoms with Gasteiger partial charge in [-0.3, -0.25) is 4.79 Å². The minimum absolute atomic E-state index is 0.128. The standard InChI is InChI=1S/C38H31F3N2O7S/c1-2-42(51(49,50)34-11-7-6-10-32(34)36(45)46)43(33(37(47)48)24-25-12-14-27(15-13-25)26-8-4-3-5-9-26)35(44)30-18-16-28(17-19-30)29-20-22-31(23-21-29)38(39,40)41/h3-23,33H,2,24H2,1H3,(H,45,46)(H,47,48). The average Bonchev–Trinajstić information content (AvgIpc) is 3.13. The second-order valence-electron chi connectivity index (χ2n) is 11.4. The van der Waals surface area contributed by atoms with Crippen LogP contribution in [-0.4, -0.2) is 58.5 Å². The van der Waals surface area contributed by atoms with Crippen molar-refractivity contribution in [2.24, 2.45) is 0 Å². The molecule has 5 rings (SSSR count). The first-order valence-electron chi connectivity index (χ1n) is 15.6. The summed E-state index contributed by atoms with van der Waals surface area (Å²) < 4.78 is 68.1. The Morgan fingerprint density at radius 3 is 1.69 bits per heavy atom. The number of halogens is 3. The Kier molecular flexibility index (Phi) is 10.7. The topological polar surface area (TPSA) is 132 Å². The van der Waals surface area contributed by atoms with E-state index in [0.29, 0.717) is 26.1 Å². The van der Waals surface area contributed by atoms with Crippen molar-refractivity contribution in [2.45, 2.75) is 30.5 Å². The summed E-state index contributed by atoms with van der Waals surface area (Å²) in [7, 11) is -4.86. The quantitative estimate of drug-likeness (QED) is 0.128. The van der Waals surface area contributed by atoms with Gasteiger partial charge in [-0.2, -0.15) is 13.2 Å². The molecule has 0 heterocycles. The minimum Gasteiger partial charge on any atom is -0.480 e. The largest absolute Gasteiger partial charge is 0.480 e. The number of hydrogen-bond donors (Lipinski definition) is 2. The van der Waals surface area contributed by atoms with Crippen LogP contribution < -0.4 is 0 Å². The molecule has 1 unspecified atom stereocenters. The number of sulfonamides is 1. The maximum atomic E-state index is 14.3. The number of carbonyl (C=O) groups is 3. The Balaban J connectivity index is 1.57. The van der Waals surface area contributed by atoms with E-state index in [0.717, 1.165) is 35.4 Å². The van der Waals surface area contributed by atoms with E-state index in [1.807, 2.05) is 30.3 Å². The highest BCUT2D eigenvalue weighted by molar-refractivity contribution is 7.89. The number of carboxylic acid groups (broad SMARTS) is 2. The van der Waals surface area contributed by atoms with Gasteiger partial charge in [0.1, 0.15) is 0 Å². The smallest absolute Gasteiger partial charge is 0.416 e. The zero-order chi connectivity index (χ0) is 36.9. The monoisotopic (exact) mass is 716 g/mol. The number of benzene rings is 5. The molecule has 262 valence electrons. The first-order chi connectivity index (χ1) is 24.2. The van der Waals surface area contributed by atoms with Gasteiger partial charge in [-0.05, 0) is 71.1 Å². The van der Waals surface area contributed by atoms with Crippen LogP contribution in [0.3, 0.4) is 0 Å². The van der Waals surface area contributed by atoms with Crippen LogP contribution in [0.1, 0.15) is 38.8 Å². The lowest BCUT2D eigenvalue weighted by atomic mass is 9.99. The fourth-order valence-corrected chi connectivity index (χ4v) is 7.24. The van der Waals surface area contributed by atoms with Crippen molar-refractivity contribution >= 4 is 27.9 Å². The van der Waals surface area contributed by atoms with E-state index in [-0.39, 0.29) is 12.0 Å². The molecule has 0 aliphatic carbocycles.